The van der Waals surface area contributed by atoms with Gasteiger partial charge in [0.25, 0.3) is 0 Å². The molecule has 2 aromatic rings. The number of nitrogens with one attached hydrogen (secondary N) is 2. The molecule has 108 valence electrons. The molecule has 1 heterocycles. The van der Waals surface area contributed by atoms with E-state index in [1.807, 2.05) is 6.07 Å². The molecule has 3 rings (SSSR count). The third-order valence-corrected chi connectivity index (χ3v) is 4.24. The smallest absolute Gasteiger partial charge is 0.211 e. The Labute approximate surface area is 134 Å². The Morgan fingerprint density at radius 3 is 2.76 bits per heavy atom. The van der Waals surface area contributed by atoms with E-state index in [1.165, 1.54) is 0 Å². The number of aliphatic imine (C=N–C) groups is 1. The normalized spacial score (nSPS) is 13.2. The summed E-state index contributed by atoms with van der Waals surface area (Å²) in [5.74, 6) is -0.496. The Bertz CT molecular complexity index is 754. The van der Waals surface area contributed by atoms with Crippen LogP contribution in [-0.2, 0) is 0 Å². The van der Waals surface area contributed by atoms with Gasteiger partial charge in [-0.2, -0.15) is 0 Å². The second kappa shape index (κ2) is 5.63. The summed E-state index contributed by atoms with van der Waals surface area (Å²) in [6, 6.07) is 8.15. The Balaban J connectivity index is 1.99. The monoisotopic (exact) mass is 343 g/mol. The van der Waals surface area contributed by atoms with Crippen molar-refractivity contribution in [2.45, 2.75) is 4.90 Å². The van der Waals surface area contributed by atoms with Gasteiger partial charge in [0.2, 0.25) is 5.96 Å². The van der Waals surface area contributed by atoms with E-state index in [-0.39, 0.29) is 21.4 Å². The first-order valence-corrected chi connectivity index (χ1v) is 7.37. The second-order valence-electron chi connectivity index (χ2n) is 4.14. The number of phenolic OH excluding ortho intramolecular Hbond substituents is 1. The maximum atomic E-state index is 13.8. The van der Waals surface area contributed by atoms with Crippen molar-refractivity contribution in [3.05, 3.63) is 46.2 Å². The molecule has 8 heteroatoms. The highest BCUT2D eigenvalue weighted by Gasteiger charge is 2.22. The molecule has 4 nitrogen and oxygen atoms in total. The molecule has 3 N–H and O–H groups in total. The van der Waals surface area contributed by atoms with Gasteiger partial charge in [-0.05, 0) is 30.1 Å². The molecule has 2 aromatic carbocycles. The average Bonchev–Trinajstić information content (AvgIpc) is 2.47. The van der Waals surface area contributed by atoms with Crippen LogP contribution in [0, 0.1) is 5.82 Å². The summed E-state index contributed by atoms with van der Waals surface area (Å²) in [7, 11) is 0. The first kappa shape index (κ1) is 14.3. The Morgan fingerprint density at radius 2 is 2.00 bits per heavy atom. The number of nitrogens with zero attached hydrogens (tertiary/aromatic N) is 1. The highest BCUT2D eigenvalue weighted by molar-refractivity contribution is 7.98. The molecule has 0 saturated heterocycles. The molecule has 1 aliphatic rings. The minimum atomic E-state index is -0.550. The number of rotatable bonds is 1. The summed E-state index contributed by atoms with van der Waals surface area (Å²) in [6.45, 7) is 0. The topological polar surface area (TPSA) is 56.7 Å². The van der Waals surface area contributed by atoms with E-state index in [9.17, 15) is 9.50 Å². The molecule has 0 aliphatic carbocycles. The first-order chi connectivity index (χ1) is 10.1. The number of para-hydroxylation sites is 1. The molecule has 1 aliphatic heterocycles. The summed E-state index contributed by atoms with van der Waals surface area (Å²) in [5, 5.41) is 13.3. The minimum absolute atomic E-state index is 0.0818. The van der Waals surface area contributed by atoms with Crippen LogP contribution in [0.1, 0.15) is 0 Å². The number of phenols is 1. The van der Waals surface area contributed by atoms with Gasteiger partial charge in [0.1, 0.15) is 11.5 Å². The molecule has 0 bridgehead atoms. The fourth-order valence-electron chi connectivity index (χ4n) is 1.76. The molecule has 0 radical (unpaired) electrons. The van der Waals surface area contributed by atoms with Crippen molar-refractivity contribution in [2.24, 2.45) is 4.99 Å². The molecule has 0 atom stereocenters. The lowest BCUT2D eigenvalue weighted by Crippen LogP contribution is -2.27. The number of benzene rings is 2. The van der Waals surface area contributed by atoms with Gasteiger partial charge in [-0.3, -0.25) is 4.72 Å². The predicted molar refractivity (Wildman–Crippen MR) is 84.2 cm³/mol. The van der Waals surface area contributed by atoms with Crippen molar-refractivity contribution < 1.29 is 9.50 Å². The zero-order valence-electron chi connectivity index (χ0n) is 10.3. The fraction of sp³-hybridized carbons (Fsp3) is 0. The van der Waals surface area contributed by atoms with Crippen LogP contribution in [0.4, 0.5) is 15.8 Å². The maximum Gasteiger partial charge on any atom is 0.211 e. The molecule has 0 amide bonds. The predicted octanol–water partition coefficient (Wildman–Crippen LogP) is 4.55. The van der Waals surface area contributed by atoms with Gasteiger partial charge < -0.3 is 10.4 Å². The zero-order chi connectivity index (χ0) is 15.0. The van der Waals surface area contributed by atoms with Crippen molar-refractivity contribution >= 4 is 52.5 Å². The SMILES string of the molecule is Oc1c(Cl)cc(F)c2c1N=C(Nc1ccccc1Cl)NS2. The number of anilines is 1. The molecule has 0 aromatic heterocycles. The number of guanidine groups is 1. The van der Waals surface area contributed by atoms with E-state index in [0.29, 0.717) is 16.7 Å². The van der Waals surface area contributed by atoms with E-state index in [1.54, 1.807) is 18.2 Å². The highest BCUT2D eigenvalue weighted by atomic mass is 35.5. The van der Waals surface area contributed by atoms with Crippen molar-refractivity contribution in [3.63, 3.8) is 0 Å². The van der Waals surface area contributed by atoms with Crippen LogP contribution in [-0.4, -0.2) is 11.1 Å². The van der Waals surface area contributed by atoms with Crippen molar-refractivity contribution in [1.29, 1.82) is 0 Å². The van der Waals surface area contributed by atoms with Crippen molar-refractivity contribution in [2.75, 3.05) is 5.32 Å². The zero-order valence-corrected chi connectivity index (χ0v) is 12.7. The Hall–Kier alpha value is -1.63. The number of aromatic hydroxyl groups is 1. The van der Waals surface area contributed by atoms with Gasteiger partial charge in [0, 0.05) is 0 Å². The third-order valence-electron chi connectivity index (χ3n) is 2.74. The fourth-order valence-corrected chi connectivity index (χ4v) is 2.82. The summed E-state index contributed by atoms with van der Waals surface area (Å²) >= 11 is 12.8. The number of halogens is 3. The van der Waals surface area contributed by atoms with Gasteiger partial charge in [0.05, 0.1) is 20.6 Å². The first-order valence-electron chi connectivity index (χ1n) is 5.80. The number of fused-ring (bicyclic) bond motifs is 1. The molecule has 0 saturated carbocycles. The molecule has 0 unspecified atom stereocenters. The summed E-state index contributed by atoms with van der Waals surface area (Å²) in [5.41, 5.74) is 0.717. The second-order valence-corrected chi connectivity index (χ2v) is 5.77. The summed E-state index contributed by atoms with van der Waals surface area (Å²) < 4.78 is 16.6. The van der Waals surface area contributed by atoms with Crippen LogP contribution in [0.2, 0.25) is 10.0 Å². The Morgan fingerprint density at radius 1 is 1.24 bits per heavy atom. The van der Waals surface area contributed by atoms with Gasteiger partial charge in [-0.1, -0.05) is 35.3 Å². The van der Waals surface area contributed by atoms with E-state index >= 15 is 0 Å². The third kappa shape index (κ3) is 2.74. The van der Waals surface area contributed by atoms with Crippen LogP contribution < -0.4 is 10.0 Å². The van der Waals surface area contributed by atoms with Gasteiger partial charge in [-0.25, -0.2) is 9.38 Å². The average molecular weight is 344 g/mol. The Kier molecular flexibility index (Phi) is 3.84. The molecular weight excluding hydrogens is 336 g/mol. The largest absolute Gasteiger partial charge is 0.504 e. The lowest BCUT2D eigenvalue weighted by atomic mass is 10.3. The standard InChI is InChI=1S/C13H8Cl2FN3OS/c14-6-3-1-2-4-9(6)17-13-18-10-11(20)7(15)5-8(16)12(10)21-19-13/h1-5,20H,(H2,17,18,19). The minimum Gasteiger partial charge on any atom is -0.504 e. The van der Waals surface area contributed by atoms with E-state index in [4.69, 9.17) is 23.2 Å². The van der Waals surface area contributed by atoms with Gasteiger partial charge in [0.15, 0.2) is 5.75 Å². The van der Waals surface area contributed by atoms with Gasteiger partial charge in [-0.15, -0.1) is 0 Å². The van der Waals surface area contributed by atoms with Gasteiger partial charge >= 0.3 is 0 Å². The lowest BCUT2D eigenvalue weighted by molar-refractivity contribution is 0.472. The molecular formula is C13H8Cl2FN3OS. The van der Waals surface area contributed by atoms with E-state index < -0.39 is 5.82 Å². The quantitative estimate of drug-likeness (QED) is 0.665. The van der Waals surface area contributed by atoms with Crippen LogP contribution in [0.25, 0.3) is 0 Å². The molecule has 0 spiro atoms. The van der Waals surface area contributed by atoms with Crippen LogP contribution >= 0.6 is 35.1 Å². The molecule has 21 heavy (non-hydrogen) atoms. The van der Waals surface area contributed by atoms with E-state index in [2.05, 4.69) is 15.0 Å². The highest BCUT2D eigenvalue weighted by Crippen LogP contribution is 2.44. The number of hydrogen-bond acceptors (Lipinski definition) is 5. The van der Waals surface area contributed by atoms with Crippen LogP contribution in [0.5, 0.6) is 5.75 Å². The maximum absolute atomic E-state index is 13.8. The lowest BCUT2D eigenvalue weighted by Gasteiger charge is -2.19. The van der Waals surface area contributed by atoms with Crippen LogP contribution in [0.3, 0.4) is 0 Å². The number of hydrogen-bond donors (Lipinski definition) is 3. The molecule has 0 fully saturated rings. The summed E-state index contributed by atoms with van der Waals surface area (Å²) in [6.07, 6.45) is 0. The van der Waals surface area contributed by atoms with Crippen molar-refractivity contribution in [1.82, 2.24) is 4.72 Å². The van der Waals surface area contributed by atoms with Crippen LogP contribution in [0.15, 0.2) is 40.2 Å². The summed E-state index contributed by atoms with van der Waals surface area (Å²) in [4.78, 5) is 4.33. The van der Waals surface area contributed by atoms with E-state index in [0.717, 1.165) is 18.0 Å². The van der Waals surface area contributed by atoms with Crippen molar-refractivity contribution in [3.8, 4) is 5.75 Å².